The van der Waals surface area contributed by atoms with Crippen molar-refractivity contribution in [2.45, 2.75) is 107 Å². The summed E-state index contributed by atoms with van der Waals surface area (Å²) in [6.45, 7) is 1.48. The number of benzene rings is 6. The van der Waals surface area contributed by atoms with Crippen LogP contribution in [0.5, 0.6) is 0 Å². The van der Waals surface area contributed by atoms with Crippen molar-refractivity contribution < 1.29 is 43.3 Å². The zero-order valence-electron chi connectivity index (χ0n) is 49.6. The quantitative estimate of drug-likeness (QED) is 0.0732. The Kier molecular flexibility index (Phi) is 16.0. The molecule has 2 aromatic heterocycles. The number of hydrogen-bond donors (Lipinski definition) is 3. The Morgan fingerprint density at radius 2 is 0.921 bits per heavy atom. The van der Waals surface area contributed by atoms with Gasteiger partial charge in [-0.2, -0.15) is 0 Å². The highest BCUT2D eigenvalue weighted by molar-refractivity contribution is 6.31. The first-order valence-corrected chi connectivity index (χ1v) is 31.4. The molecule has 17 heteroatoms. The Bertz CT molecular complexity index is 4230. The van der Waals surface area contributed by atoms with E-state index in [1.165, 1.54) is 21.1 Å². The van der Waals surface area contributed by atoms with Gasteiger partial charge >= 0.3 is 17.9 Å². The molecule has 0 spiro atoms. The third kappa shape index (κ3) is 11.5. The highest BCUT2D eigenvalue weighted by atomic mass is 35.5. The Labute approximate surface area is 524 Å². The molecule has 8 aliphatic rings. The van der Waals surface area contributed by atoms with Gasteiger partial charge in [0.05, 0.1) is 30.9 Å². The number of methoxy groups -OCH3 is 2. The van der Waals surface area contributed by atoms with Gasteiger partial charge in [0.1, 0.15) is 17.0 Å². The summed E-state index contributed by atoms with van der Waals surface area (Å²) < 4.78 is 19.7. The number of rotatable bonds is 13. The molecule has 8 aromatic rings. The van der Waals surface area contributed by atoms with Crippen LogP contribution in [0.3, 0.4) is 0 Å². The number of halogens is 2. The smallest absolute Gasteiger partial charge is 0.355 e. The normalized spacial score (nSPS) is 25.0. The molecule has 89 heavy (non-hydrogen) atoms. The van der Waals surface area contributed by atoms with Gasteiger partial charge in [0.2, 0.25) is 0 Å². The van der Waals surface area contributed by atoms with Crippen molar-refractivity contribution in [3.8, 4) is 11.4 Å². The van der Waals surface area contributed by atoms with Gasteiger partial charge in [-0.15, -0.1) is 0 Å². The zero-order valence-corrected chi connectivity index (χ0v) is 51.2. The number of pyridine rings is 2. The Hall–Kier alpha value is -8.37. The number of nitrogens with zero attached hydrogens (tertiary/aromatic N) is 2. The van der Waals surface area contributed by atoms with Crippen LogP contribution in [0.4, 0.5) is 0 Å². The molecule has 8 aliphatic carbocycles. The third-order valence-corrected chi connectivity index (χ3v) is 20.3. The number of hydrogen-bond acceptors (Lipinski definition) is 11. The van der Waals surface area contributed by atoms with Gasteiger partial charge < -0.3 is 39.1 Å². The lowest BCUT2D eigenvalue weighted by atomic mass is 9.52. The average molecular weight is 1240 g/mol. The van der Waals surface area contributed by atoms with Crippen LogP contribution in [0.1, 0.15) is 135 Å². The fraction of sp³-hybridized carbons (Fsp3) is 0.347. The van der Waals surface area contributed by atoms with Crippen LogP contribution in [0.2, 0.25) is 10.0 Å². The van der Waals surface area contributed by atoms with E-state index in [-0.39, 0.29) is 76.1 Å². The van der Waals surface area contributed by atoms with Gasteiger partial charge in [-0.1, -0.05) is 83.9 Å². The summed E-state index contributed by atoms with van der Waals surface area (Å²) in [6.07, 6.45) is 9.53. The van der Waals surface area contributed by atoms with E-state index in [9.17, 15) is 38.7 Å². The lowest BCUT2D eigenvalue weighted by Gasteiger charge is -2.59. The van der Waals surface area contributed by atoms with Gasteiger partial charge in [-0.05, 0) is 196 Å². The molecule has 6 unspecified atom stereocenters. The molecule has 2 heterocycles. The van der Waals surface area contributed by atoms with Crippen LogP contribution in [-0.2, 0) is 31.8 Å². The van der Waals surface area contributed by atoms with Gasteiger partial charge in [-0.3, -0.25) is 24.0 Å². The minimum absolute atomic E-state index is 0.0533. The van der Waals surface area contributed by atoms with Crippen molar-refractivity contribution in [2.75, 3.05) is 14.2 Å². The fourth-order valence-electron chi connectivity index (χ4n) is 16.7. The van der Waals surface area contributed by atoms with Crippen LogP contribution in [0.25, 0.3) is 33.2 Å². The number of fused-ring (bicyclic) bond motifs is 2. The van der Waals surface area contributed by atoms with Crippen molar-refractivity contribution in [3.63, 3.8) is 0 Å². The number of carbonyl (C=O) groups excluding carboxylic acids is 5. The number of esters is 3. The monoisotopic (exact) mass is 1230 g/mol. The van der Waals surface area contributed by atoms with E-state index in [4.69, 9.17) is 37.4 Å². The third-order valence-electron chi connectivity index (χ3n) is 19.9. The first-order chi connectivity index (χ1) is 42.9. The van der Waals surface area contributed by atoms with Crippen molar-refractivity contribution >= 4 is 74.7 Å². The van der Waals surface area contributed by atoms with E-state index in [2.05, 4.69) is 10.6 Å². The van der Waals surface area contributed by atoms with Gasteiger partial charge in [0.15, 0.2) is 10.9 Å². The Morgan fingerprint density at radius 3 is 1.30 bits per heavy atom. The first kappa shape index (κ1) is 59.6. The van der Waals surface area contributed by atoms with Crippen LogP contribution >= 0.6 is 23.2 Å². The number of aliphatic hydroxyl groups is 1. The number of carbonyl (C=O) groups is 5. The Morgan fingerprint density at radius 1 is 0.528 bits per heavy atom. The summed E-state index contributed by atoms with van der Waals surface area (Å²) in [7, 11) is 2.59. The number of aromatic nitrogens is 2. The summed E-state index contributed by atoms with van der Waals surface area (Å²) >= 11 is 12.7. The second-order valence-electron chi connectivity index (χ2n) is 25.6. The van der Waals surface area contributed by atoms with Gasteiger partial charge in [0.25, 0.3) is 11.8 Å². The molecule has 10 atom stereocenters. The predicted molar refractivity (Wildman–Crippen MR) is 339 cm³/mol. The second kappa shape index (κ2) is 23.9. The number of para-hydroxylation sites is 2. The van der Waals surface area contributed by atoms with Crippen molar-refractivity contribution in [1.29, 1.82) is 0 Å². The number of amides is 2. The predicted octanol–water partition coefficient (Wildman–Crippen LogP) is 12.0. The van der Waals surface area contributed by atoms with Gasteiger partial charge in [0, 0.05) is 86.3 Å². The highest BCUT2D eigenvalue weighted by Crippen LogP contribution is 2.58. The molecule has 2 amide bonds. The molecular weight excluding hydrogens is 1170 g/mol. The second-order valence-corrected chi connectivity index (χ2v) is 26.5. The maximum absolute atomic E-state index is 13.9. The number of nitrogens with one attached hydrogen (secondary N) is 2. The molecular formula is C72H68Cl2N4O11. The largest absolute Gasteiger partial charge is 0.464 e. The van der Waals surface area contributed by atoms with Gasteiger partial charge in [-0.25, -0.2) is 9.59 Å². The standard InChI is InChI=1S/C37H35ClN2O6.C35H33ClN2O5/c1-21(41)46-37-18-23-14-25(19-37)32(26(15-23)20-37)39-35(43)24-10-8-22(9-11-24)16-30-33(36(44)45-2)40(28-6-4-3-5-7-28)31-17-27(38)12-13-29(31)34(30)42;1-43-34(41)31-28(32(39)27-12-11-25(36)16-29(27)38(31)26-5-3-2-4-6-26)15-20-7-9-22(10-8-20)33(40)37-30-23-13-21-14-24(30)19-35(42,17-21)18-23/h3-13,17,23,25-26,32H,14-16,18-20H2,1-2H3,(H,39,43);2-12,16,21,23-24,30,42H,13-15,17-19H2,1H3,(H,37,40)/t23?,25-,26+,32?,37?;21?,23-,24+,30?,35?. The van der Waals surface area contributed by atoms with E-state index in [1.807, 2.05) is 84.9 Å². The minimum Gasteiger partial charge on any atom is -0.464 e. The summed E-state index contributed by atoms with van der Waals surface area (Å²) in [5, 5.41) is 19.2. The van der Waals surface area contributed by atoms with E-state index in [0.717, 1.165) is 75.3 Å². The summed E-state index contributed by atoms with van der Waals surface area (Å²) in [5.41, 5.74) is 4.39. The van der Waals surface area contributed by atoms with Crippen molar-refractivity contribution in [2.24, 2.45) is 35.5 Å². The minimum atomic E-state index is -0.639. The SMILES string of the molecule is COC(=O)c1c(Cc2ccc(C(=O)NC3[C@@H]4CC5C[C@H]3CC(O)(C5)C4)cc2)c(=O)c2ccc(Cl)cc2n1-c1ccccc1.COC(=O)c1c(Cc2ccc(C(=O)NC3[C@@H]4CC5C[C@H]3CC(OC(C)=O)(C5)C4)cc2)c(=O)c2ccc(Cl)cc2n1-c1ccccc1. The van der Waals surface area contributed by atoms with Crippen LogP contribution < -0.4 is 21.5 Å². The molecule has 16 rings (SSSR count). The maximum Gasteiger partial charge on any atom is 0.355 e. The fourth-order valence-corrected chi connectivity index (χ4v) is 17.0. The Balaban J connectivity index is 0.000000164. The molecule has 6 aromatic carbocycles. The van der Waals surface area contributed by atoms with E-state index < -0.39 is 17.5 Å². The van der Waals surface area contributed by atoms with Crippen molar-refractivity contribution in [3.05, 3.63) is 221 Å². The lowest BCUT2D eigenvalue weighted by Crippen LogP contribution is -2.62. The molecule has 8 saturated carbocycles. The summed E-state index contributed by atoms with van der Waals surface area (Å²) in [6, 6.07) is 43.1. The average Bonchev–Trinajstić information content (AvgIpc) is 0.904. The van der Waals surface area contributed by atoms with Crippen LogP contribution in [0, 0.1) is 35.5 Å². The molecule has 8 bridgehead atoms. The number of ether oxygens (including phenoxy) is 3. The molecule has 0 radical (unpaired) electrons. The molecule has 8 fully saturated rings. The summed E-state index contributed by atoms with van der Waals surface area (Å²) in [5.74, 6) is 0.579. The first-order valence-electron chi connectivity index (χ1n) is 30.6. The van der Waals surface area contributed by atoms with E-state index in [1.54, 1.807) is 69.8 Å². The van der Waals surface area contributed by atoms with Crippen LogP contribution in [-0.4, -0.2) is 81.5 Å². The van der Waals surface area contributed by atoms with E-state index >= 15 is 0 Å². The molecule has 456 valence electrons. The highest BCUT2D eigenvalue weighted by Gasteiger charge is 2.58. The maximum atomic E-state index is 13.9. The lowest BCUT2D eigenvalue weighted by molar-refractivity contribution is -0.188. The zero-order chi connectivity index (χ0) is 62.0. The van der Waals surface area contributed by atoms with E-state index in [0.29, 0.717) is 95.4 Å². The molecule has 3 N–H and O–H groups in total. The molecule has 15 nitrogen and oxygen atoms in total. The summed E-state index contributed by atoms with van der Waals surface area (Å²) in [4.78, 5) is 92.9. The molecule has 0 aliphatic heterocycles. The topological polar surface area (TPSA) is 201 Å². The van der Waals surface area contributed by atoms with Crippen molar-refractivity contribution in [1.82, 2.24) is 19.8 Å². The molecule has 0 saturated heterocycles. The van der Waals surface area contributed by atoms with Crippen LogP contribution in [0.15, 0.2) is 155 Å².